The maximum atomic E-state index is 12.5. The third-order valence-electron chi connectivity index (χ3n) is 3.92. The van der Waals surface area contributed by atoms with Gasteiger partial charge in [-0.1, -0.05) is 23.7 Å². The van der Waals surface area contributed by atoms with Gasteiger partial charge in [0.2, 0.25) is 0 Å². The van der Waals surface area contributed by atoms with Gasteiger partial charge in [-0.15, -0.1) is 0 Å². The lowest BCUT2D eigenvalue weighted by atomic mass is 10.2. The van der Waals surface area contributed by atoms with Crippen LogP contribution < -0.4 is 5.32 Å². The Morgan fingerprint density at radius 3 is 2.71 bits per heavy atom. The Hall–Kier alpha value is -2.60. The molecule has 1 aromatic carbocycles. The van der Waals surface area contributed by atoms with Gasteiger partial charge in [0.15, 0.2) is 5.69 Å². The summed E-state index contributed by atoms with van der Waals surface area (Å²) in [6, 6.07) is 7.38. The van der Waals surface area contributed by atoms with Crippen molar-refractivity contribution in [3.63, 3.8) is 0 Å². The van der Waals surface area contributed by atoms with E-state index in [1.54, 1.807) is 16.9 Å². The van der Waals surface area contributed by atoms with E-state index in [4.69, 9.17) is 11.6 Å². The standard InChI is InChI=1S/C17H18ClN5O/c1-10-9-23(15-7-5-4-6-14(15)18)22-16(10)17(24)19-8-13-11(2)20-21-12(13)3/h4-7,9H,8H2,1-3H3,(H,19,24)(H,20,21). The molecular formula is C17H18ClN5O. The second-order valence-electron chi connectivity index (χ2n) is 5.65. The van der Waals surface area contributed by atoms with Gasteiger partial charge in [-0.25, -0.2) is 4.68 Å². The van der Waals surface area contributed by atoms with Crippen molar-refractivity contribution in [2.45, 2.75) is 27.3 Å². The molecule has 0 saturated carbocycles. The van der Waals surface area contributed by atoms with Gasteiger partial charge >= 0.3 is 0 Å². The van der Waals surface area contributed by atoms with Crippen LogP contribution in [0.2, 0.25) is 5.02 Å². The van der Waals surface area contributed by atoms with Crippen molar-refractivity contribution in [2.24, 2.45) is 0 Å². The maximum absolute atomic E-state index is 12.5. The molecule has 0 radical (unpaired) electrons. The van der Waals surface area contributed by atoms with Crippen LogP contribution in [-0.2, 0) is 6.54 Å². The number of carbonyl (C=O) groups excluding carboxylic acids is 1. The van der Waals surface area contributed by atoms with Crippen LogP contribution in [0.3, 0.4) is 0 Å². The smallest absolute Gasteiger partial charge is 0.272 e. The maximum Gasteiger partial charge on any atom is 0.272 e. The van der Waals surface area contributed by atoms with E-state index in [0.717, 1.165) is 28.2 Å². The fourth-order valence-electron chi connectivity index (χ4n) is 2.53. The largest absolute Gasteiger partial charge is 0.346 e. The summed E-state index contributed by atoms with van der Waals surface area (Å²) in [5.74, 6) is -0.224. The Labute approximate surface area is 144 Å². The zero-order valence-electron chi connectivity index (χ0n) is 13.7. The minimum atomic E-state index is -0.224. The quantitative estimate of drug-likeness (QED) is 0.764. The number of halogens is 1. The summed E-state index contributed by atoms with van der Waals surface area (Å²) < 4.78 is 1.63. The van der Waals surface area contributed by atoms with E-state index in [9.17, 15) is 4.79 Å². The summed E-state index contributed by atoms with van der Waals surface area (Å²) in [7, 11) is 0. The number of aromatic amines is 1. The lowest BCUT2D eigenvalue weighted by Crippen LogP contribution is -2.24. The highest BCUT2D eigenvalue weighted by Gasteiger charge is 2.16. The second kappa shape index (κ2) is 6.49. The molecule has 7 heteroatoms. The Bertz CT molecular complexity index is 877. The van der Waals surface area contributed by atoms with Crippen molar-refractivity contribution in [2.75, 3.05) is 0 Å². The lowest BCUT2D eigenvalue weighted by Gasteiger charge is -2.05. The average Bonchev–Trinajstić information content (AvgIpc) is 3.09. The molecule has 0 unspecified atom stereocenters. The number of para-hydroxylation sites is 1. The van der Waals surface area contributed by atoms with Crippen molar-refractivity contribution >= 4 is 17.5 Å². The van der Waals surface area contributed by atoms with Crippen molar-refractivity contribution in [3.8, 4) is 5.69 Å². The topological polar surface area (TPSA) is 75.6 Å². The molecular weight excluding hydrogens is 326 g/mol. The van der Waals surface area contributed by atoms with Crippen molar-refractivity contribution in [3.05, 3.63) is 63.7 Å². The summed E-state index contributed by atoms with van der Waals surface area (Å²) in [5, 5.41) is 14.9. The lowest BCUT2D eigenvalue weighted by molar-refractivity contribution is 0.0945. The molecule has 2 heterocycles. The van der Waals surface area contributed by atoms with Gasteiger partial charge in [0.1, 0.15) is 0 Å². The molecule has 0 atom stereocenters. The summed E-state index contributed by atoms with van der Waals surface area (Å²) >= 11 is 6.19. The molecule has 124 valence electrons. The van der Waals surface area contributed by atoms with Crippen molar-refractivity contribution in [1.82, 2.24) is 25.3 Å². The van der Waals surface area contributed by atoms with E-state index in [1.807, 2.05) is 39.0 Å². The van der Waals surface area contributed by atoms with Gasteiger partial charge in [-0.2, -0.15) is 10.2 Å². The Morgan fingerprint density at radius 2 is 2.04 bits per heavy atom. The molecule has 0 fully saturated rings. The van der Waals surface area contributed by atoms with Crippen LogP contribution >= 0.6 is 11.6 Å². The van der Waals surface area contributed by atoms with Gasteiger partial charge in [0, 0.05) is 29.6 Å². The second-order valence-corrected chi connectivity index (χ2v) is 6.06. The fourth-order valence-corrected chi connectivity index (χ4v) is 2.75. The zero-order chi connectivity index (χ0) is 17.3. The molecule has 3 rings (SSSR count). The number of benzene rings is 1. The number of nitrogens with one attached hydrogen (secondary N) is 2. The highest BCUT2D eigenvalue weighted by atomic mass is 35.5. The van der Waals surface area contributed by atoms with E-state index in [1.165, 1.54) is 0 Å². The van der Waals surface area contributed by atoms with E-state index in [-0.39, 0.29) is 5.91 Å². The summed E-state index contributed by atoms with van der Waals surface area (Å²) in [4.78, 5) is 12.5. The number of rotatable bonds is 4. The molecule has 0 aliphatic heterocycles. The van der Waals surface area contributed by atoms with Crippen LogP contribution in [0.1, 0.15) is 33.0 Å². The minimum Gasteiger partial charge on any atom is -0.346 e. The highest BCUT2D eigenvalue weighted by molar-refractivity contribution is 6.32. The van der Waals surface area contributed by atoms with E-state index in [2.05, 4.69) is 20.6 Å². The number of amides is 1. The van der Waals surface area contributed by atoms with Gasteiger partial charge in [-0.3, -0.25) is 9.89 Å². The number of hydrogen-bond acceptors (Lipinski definition) is 3. The first kappa shape index (κ1) is 16.3. The van der Waals surface area contributed by atoms with Crippen molar-refractivity contribution in [1.29, 1.82) is 0 Å². The Morgan fingerprint density at radius 1 is 1.29 bits per heavy atom. The molecule has 0 aliphatic carbocycles. The van der Waals surface area contributed by atoms with Crippen LogP contribution in [0.5, 0.6) is 0 Å². The zero-order valence-corrected chi connectivity index (χ0v) is 14.5. The van der Waals surface area contributed by atoms with Crippen LogP contribution in [-0.4, -0.2) is 25.9 Å². The van der Waals surface area contributed by atoms with Crippen LogP contribution in [0.25, 0.3) is 5.69 Å². The first-order chi connectivity index (χ1) is 11.5. The van der Waals surface area contributed by atoms with Gasteiger partial charge in [0.25, 0.3) is 5.91 Å². The number of hydrogen-bond donors (Lipinski definition) is 2. The number of H-pyrrole nitrogens is 1. The van der Waals surface area contributed by atoms with Gasteiger partial charge in [-0.05, 0) is 32.9 Å². The number of aryl methyl sites for hydroxylation is 3. The summed E-state index contributed by atoms with van der Waals surface area (Å²) in [6.45, 7) is 6.09. The minimum absolute atomic E-state index is 0.224. The molecule has 0 bridgehead atoms. The first-order valence-electron chi connectivity index (χ1n) is 7.57. The van der Waals surface area contributed by atoms with Crippen LogP contribution in [0.4, 0.5) is 0 Å². The molecule has 6 nitrogen and oxygen atoms in total. The highest BCUT2D eigenvalue weighted by Crippen LogP contribution is 2.20. The number of nitrogens with zero attached hydrogens (tertiary/aromatic N) is 3. The Balaban J connectivity index is 1.80. The molecule has 2 N–H and O–H groups in total. The molecule has 0 saturated heterocycles. The van der Waals surface area contributed by atoms with Crippen LogP contribution in [0, 0.1) is 20.8 Å². The molecule has 2 aromatic heterocycles. The Kier molecular flexibility index (Phi) is 4.40. The summed E-state index contributed by atoms with van der Waals surface area (Å²) in [6.07, 6.45) is 1.80. The average molecular weight is 344 g/mol. The van der Waals surface area contributed by atoms with E-state index < -0.39 is 0 Å². The normalized spacial score (nSPS) is 10.8. The van der Waals surface area contributed by atoms with Crippen LogP contribution in [0.15, 0.2) is 30.5 Å². The van der Waals surface area contributed by atoms with Gasteiger partial charge in [0.05, 0.1) is 16.4 Å². The monoisotopic (exact) mass is 343 g/mol. The summed E-state index contributed by atoms with van der Waals surface area (Å²) in [5.41, 5.74) is 4.73. The van der Waals surface area contributed by atoms with E-state index >= 15 is 0 Å². The third kappa shape index (κ3) is 3.05. The predicted octanol–water partition coefficient (Wildman–Crippen LogP) is 3.10. The molecule has 24 heavy (non-hydrogen) atoms. The van der Waals surface area contributed by atoms with Crippen molar-refractivity contribution < 1.29 is 4.79 Å². The number of aromatic nitrogens is 4. The fraction of sp³-hybridized carbons (Fsp3) is 0.235. The first-order valence-corrected chi connectivity index (χ1v) is 7.95. The number of carbonyl (C=O) groups is 1. The predicted molar refractivity (Wildman–Crippen MR) is 92.5 cm³/mol. The molecule has 3 aromatic rings. The van der Waals surface area contributed by atoms with Gasteiger partial charge < -0.3 is 5.32 Å². The third-order valence-corrected chi connectivity index (χ3v) is 4.24. The SMILES string of the molecule is Cc1cn(-c2ccccc2Cl)nc1C(=O)NCc1c(C)n[nH]c1C. The van der Waals surface area contributed by atoms with E-state index in [0.29, 0.717) is 17.3 Å². The molecule has 0 aliphatic rings. The molecule has 0 spiro atoms. The molecule has 1 amide bonds.